The summed E-state index contributed by atoms with van der Waals surface area (Å²) in [6, 6.07) is 11.4. The lowest BCUT2D eigenvalue weighted by Gasteiger charge is -2.18. The maximum atomic E-state index is 16.6. The number of carbonyl (C=O) groups is 2. The molecule has 2 aliphatic rings. The van der Waals surface area contributed by atoms with E-state index in [1.807, 2.05) is 42.1 Å². The summed E-state index contributed by atoms with van der Waals surface area (Å²) in [6.07, 6.45) is 8.68. The standard InChI is InChI=1S/C34H35ClFN6O4/c1-40-15-6-9-23(40)20-46-34-38-32-25(17-37-31(30(32)36)24-10-4-7-22-8-5-11-26(35)29(22)24)33(39-34)41(2)18-21-14-16-42(19-21)27(43)12-13-28(44)45-3/h4-5,7-8,10-13,17-18,21,23H,6,9,14-16,19-20H2,1-3H3/q+1/b13-12+,41-18+/t21?,23-/m0/s1. The lowest BCUT2D eigenvalue weighted by Crippen LogP contribution is -2.31. The van der Waals surface area contributed by atoms with Gasteiger partial charge in [0.2, 0.25) is 5.91 Å². The molecule has 0 spiro atoms. The Bertz CT molecular complexity index is 1880. The van der Waals surface area contributed by atoms with E-state index < -0.39 is 11.8 Å². The van der Waals surface area contributed by atoms with Crippen molar-refractivity contribution in [1.29, 1.82) is 0 Å². The molecule has 2 atom stereocenters. The summed E-state index contributed by atoms with van der Waals surface area (Å²) in [4.78, 5) is 41.8. The number of rotatable bonds is 8. The average Bonchev–Trinajstić information content (AvgIpc) is 3.70. The smallest absolute Gasteiger partial charge is 0.434 e. The van der Waals surface area contributed by atoms with Crippen LogP contribution in [0.5, 0.6) is 6.01 Å². The number of hydrogen-bond acceptors (Lipinski definition) is 8. The molecule has 2 aromatic heterocycles. The Hall–Kier alpha value is -4.48. The zero-order valence-corrected chi connectivity index (χ0v) is 26.7. The molecule has 46 heavy (non-hydrogen) atoms. The van der Waals surface area contributed by atoms with E-state index in [2.05, 4.69) is 26.7 Å². The van der Waals surface area contributed by atoms with Gasteiger partial charge in [-0.3, -0.25) is 9.78 Å². The van der Waals surface area contributed by atoms with Gasteiger partial charge in [-0.05, 0) is 44.3 Å². The normalized spacial score (nSPS) is 19.1. The fourth-order valence-electron chi connectivity index (χ4n) is 6.20. The minimum absolute atomic E-state index is 0.00287. The van der Waals surface area contributed by atoms with Gasteiger partial charge < -0.3 is 19.3 Å². The van der Waals surface area contributed by atoms with Gasteiger partial charge in [-0.1, -0.05) is 41.9 Å². The molecule has 2 saturated heterocycles. The Labute approximate surface area is 271 Å². The lowest BCUT2D eigenvalue weighted by atomic mass is 10.0. The molecular formula is C34H35ClFN6O4+. The molecule has 2 aliphatic heterocycles. The van der Waals surface area contributed by atoms with Crippen molar-refractivity contribution in [3.05, 3.63) is 65.6 Å². The summed E-state index contributed by atoms with van der Waals surface area (Å²) in [6.45, 7) is 2.35. The third-order valence-corrected chi connectivity index (χ3v) is 9.01. The number of benzene rings is 2. The SMILES string of the molecule is COC(=O)/C=C/C(=O)N1CCC(/C=[N+](\C)c2nc(OC[C@@H]3CCCN3C)nc3c(F)c(-c4cccc5cccc(Cl)c45)ncc23)C1. The Balaban J connectivity index is 1.38. The van der Waals surface area contributed by atoms with E-state index in [0.29, 0.717) is 53.3 Å². The molecule has 12 heteroatoms. The minimum Gasteiger partial charge on any atom is -0.466 e. The van der Waals surface area contributed by atoms with Crippen molar-refractivity contribution >= 4 is 57.2 Å². The summed E-state index contributed by atoms with van der Waals surface area (Å²) in [5.74, 6) is -1.02. The maximum Gasteiger partial charge on any atom is 0.434 e. The molecule has 0 radical (unpaired) electrons. The number of aromatic nitrogens is 3. The fraction of sp³-hybridized carbons (Fsp3) is 0.353. The van der Waals surface area contributed by atoms with Crippen LogP contribution >= 0.6 is 11.6 Å². The van der Waals surface area contributed by atoms with E-state index in [1.165, 1.54) is 13.2 Å². The van der Waals surface area contributed by atoms with E-state index in [0.717, 1.165) is 30.8 Å². The second kappa shape index (κ2) is 13.5. The molecule has 1 amide bonds. The predicted octanol–water partition coefficient (Wildman–Crippen LogP) is 5.03. The number of halogens is 2. The van der Waals surface area contributed by atoms with Gasteiger partial charge in [0.25, 0.3) is 0 Å². The van der Waals surface area contributed by atoms with Crippen LogP contribution in [0.3, 0.4) is 0 Å². The summed E-state index contributed by atoms with van der Waals surface area (Å²) in [7, 11) is 5.15. The zero-order valence-electron chi connectivity index (χ0n) is 26.0. The molecule has 0 saturated carbocycles. The number of carbonyl (C=O) groups excluding carboxylic acids is 2. The highest BCUT2D eigenvalue weighted by atomic mass is 35.5. The van der Waals surface area contributed by atoms with Crippen molar-refractivity contribution in [3.63, 3.8) is 0 Å². The Morgan fingerprint density at radius 3 is 2.70 bits per heavy atom. The first-order chi connectivity index (χ1) is 22.2. The van der Waals surface area contributed by atoms with Crippen molar-refractivity contribution in [2.45, 2.75) is 25.3 Å². The number of esters is 1. The number of likely N-dealkylation sites (tertiary alicyclic amines) is 2. The van der Waals surface area contributed by atoms with Crippen molar-refractivity contribution in [3.8, 4) is 17.3 Å². The monoisotopic (exact) mass is 645 g/mol. The molecule has 0 N–H and O–H groups in total. The predicted molar refractivity (Wildman–Crippen MR) is 174 cm³/mol. The molecule has 4 heterocycles. The van der Waals surface area contributed by atoms with Crippen LogP contribution in [-0.4, -0.2) is 101 Å². The number of likely N-dealkylation sites (N-methyl/N-ethyl adjacent to an activating group) is 1. The van der Waals surface area contributed by atoms with Crippen LogP contribution in [0.4, 0.5) is 10.2 Å². The molecule has 1 unspecified atom stereocenters. The van der Waals surface area contributed by atoms with E-state index >= 15 is 4.39 Å². The molecule has 10 nitrogen and oxygen atoms in total. The first-order valence-electron chi connectivity index (χ1n) is 15.2. The summed E-state index contributed by atoms with van der Waals surface area (Å²) in [5, 5.41) is 2.50. The van der Waals surface area contributed by atoms with Gasteiger partial charge in [0.15, 0.2) is 5.82 Å². The maximum absolute atomic E-state index is 16.6. The van der Waals surface area contributed by atoms with Gasteiger partial charge in [0, 0.05) is 64.4 Å². The molecule has 0 aliphatic carbocycles. The highest BCUT2D eigenvalue weighted by Crippen LogP contribution is 2.37. The number of methoxy groups -OCH3 is 1. The summed E-state index contributed by atoms with van der Waals surface area (Å²) in [5.41, 5.74) is 0.786. The number of ether oxygens (including phenoxy) is 2. The van der Waals surface area contributed by atoms with Crippen LogP contribution in [0.2, 0.25) is 5.02 Å². The van der Waals surface area contributed by atoms with Crippen molar-refractivity contribution < 1.29 is 28.0 Å². The minimum atomic E-state index is -0.597. The molecule has 2 fully saturated rings. The quantitative estimate of drug-likeness (QED) is 0.114. The molecule has 0 bridgehead atoms. The third-order valence-electron chi connectivity index (χ3n) is 8.70. The molecule has 4 aromatic rings. The van der Waals surface area contributed by atoms with Crippen LogP contribution in [0.25, 0.3) is 32.9 Å². The Morgan fingerprint density at radius 1 is 1.13 bits per heavy atom. The second-order valence-electron chi connectivity index (χ2n) is 11.7. The first-order valence-corrected chi connectivity index (χ1v) is 15.6. The van der Waals surface area contributed by atoms with Gasteiger partial charge in [0.05, 0.1) is 20.4 Å². The Kier molecular flexibility index (Phi) is 9.23. The van der Waals surface area contributed by atoms with Crippen molar-refractivity contribution in [2.24, 2.45) is 5.92 Å². The molecule has 6 rings (SSSR count). The van der Waals surface area contributed by atoms with Gasteiger partial charge in [-0.25, -0.2) is 13.8 Å². The van der Waals surface area contributed by atoms with E-state index in [-0.39, 0.29) is 35.1 Å². The topological polar surface area (TPSA) is 101 Å². The molecule has 2 aromatic carbocycles. The van der Waals surface area contributed by atoms with Crippen LogP contribution < -0.4 is 4.74 Å². The van der Waals surface area contributed by atoms with Gasteiger partial charge >= 0.3 is 17.8 Å². The van der Waals surface area contributed by atoms with Crippen LogP contribution in [0.15, 0.2) is 54.7 Å². The van der Waals surface area contributed by atoms with Gasteiger partial charge in [-0.15, -0.1) is 0 Å². The van der Waals surface area contributed by atoms with E-state index in [1.54, 1.807) is 23.2 Å². The highest BCUT2D eigenvalue weighted by Gasteiger charge is 2.29. The number of fused-ring (bicyclic) bond motifs is 2. The largest absolute Gasteiger partial charge is 0.466 e. The first kappa shape index (κ1) is 31.5. The van der Waals surface area contributed by atoms with E-state index in [4.69, 9.17) is 21.3 Å². The average molecular weight is 646 g/mol. The van der Waals surface area contributed by atoms with Crippen LogP contribution in [0, 0.1) is 11.7 Å². The molecule has 238 valence electrons. The third kappa shape index (κ3) is 6.43. The zero-order chi connectivity index (χ0) is 32.4. The van der Waals surface area contributed by atoms with Gasteiger partial charge in [0.1, 0.15) is 23.2 Å². The van der Waals surface area contributed by atoms with Gasteiger partial charge in [-0.2, -0.15) is 4.98 Å². The highest BCUT2D eigenvalue weighted by molar-refractivity contribution is 6.36. The molecular weight excluding hydrogens is 611 g/mol. The van der Waals surface area contributed by atoms with Crippen molar-refractivity contribution in [2.75, 3.05) is 47.4 Å². The van der Waals surface area contributed by atoms with Crippen LogP contribution in [0.1, 0.15) is 19.3 Å². The van der Waals surface area contributed by atoms with Crippen LogP contribution in [-0.2, 0) is 14.3 Å². The summed E-state index contributed by atoms with van der Waals surface area (Å²) < 4.78 is 29.1. The number of amides is 1. The van der Waals surface area contributed by atoms with E-state index in [9.17, 15) is 9.59 Å². The number of hydrogen-bond donors (Lipinski definition) is 0. The Morgan fingerprint density at radius 2 is 1.93 bits per heavy atom. The van der Waals surface area contributed by atoms with Crippen molar-refractivity contribution in [1.82, 2.24) is 24.8 Å². The number of pyridine rings is 1. The second-order valence-corrected chi connectivity index (χ2v) is 12.1. The fourth-order valence-corrected chi connectivity index (χ4v) is 6.49. The lowest BCUT2D eigenvalue weighted by molar-refractivity contribution is -0.405. The summed E-state index contributed by atoms with van der Waals surface area (Å²) >= 11 is 6.58. The number of nitrogens with zero attached hydrogens (tertiary/aromatic N) is 6.